The van der Waals surface area contributed by atoms with Gasteiger partial charge in [-0.3, -0.25) is 11.3 Å². The molecule has 106 valence electrons. The lowest BCUT2D eigenvalue weighted by Crippen LogP contribution is -2.37. The van der Waals surface area contributed by atoms with Crippen LogP contribution in [0.2, 0.25) is 0 Å². The molecule has 0 aromatic heterocycles. The second-order valence-corrected chi connectivity index (χ2v) is 7.23. The molecule has 1 fully saturated rings. The van der Waals surface area contributed by atoms with Crippen molar-refractivity contribution in [1.29, 1.82) is 0 Å². The first-order valence-corrected chi connectivity index (χ1v) is 8.33. The normalized spacial score (nSPS) is 29.2. The molecule has 0 saturated heterocycles. The molecule has 1 aromatic carbocycles. The van der Waals surface area contributed by atoms with Crippen molar-refractivity contribution >= 4 is 22.6 Å². The predicted molar refractivity (Wildman–Crippen MR) is 89.6 cm³/mol. The molecule has 3 N–H and O–H groups in total. The monoisotopic (exact) mass is 372 g/mol. The van der Waals surface area contributed by atoms with Crippen molar-refractivity contribution in [1.82, 2.24) is 5.43 Å². The lowest BCUT2D eigenvalue weighted by atomic mass is 9.72. The van der Waals surface area contributed by atoms with Gasteiger partial charge in [0.1, 0.15) is 0 Å². The van der Waals surface area contributed by atoms with Crippen molar-refractivity contribution in [2.75, 3.05) is 0 Å². The Balaban J connectivity index is 2.22. The van der Waals surface area contributed by atoms with Gasteiger partial charge in [-0.1, -0.05) is 38.5 Å². The summed E-state index contributed by atoms with van der Waals surface area (Å²) in [5.74, 6) is 8.20. The van der Waals surface area contributed by atoms with Crippen LogP contribution in [-0.2, 0) is 0 Å². The van der Waals surface area contributed by atoms with E-state index < -0.39 is 0 Å². The molecule has 0 spiro atoms. The Labute approximate surface area is 130 Å². The van der Waals surface area contributed by atoms with Crippen LogP contribution in [0.5, 0.6) is 0 Å². The van der Waals surface area contributed by atoms with Crippen LogP contribution in [0.4, 0.5) is 0 Å². The average Bonchev–Trinajstić information content (AvgIpc) is 2.39. The first kappa shape index (κ1) is 15.3. The van der Waals surface area contributed by atoms with E-state index in [-0.39, 0.29) is 0 Å². The lowest BCUT2D eigenvalue weighted by molar-refractivity contribution is 0.171. The summed E-state index contributed by atoms with van der Waals surface area (Å²) < 4.78 is 1.36. The van der Waals surface area contributed by atoms with Crippen molar-refractivity contribution in [3.05, 3.63) is 32.9 Å². The Kier molecular flexibility index (Phi) is 5.26. The Morgan fingerprint density at radius 1 is 1.26 bits per heavy atom. The Morgan fingerprint density at radius 3 is 2.63 bits per heavy atom. The van der Waals surface area contributed by atoms with Crippen molar-refractivity contribution < 1.29 is 0 Å². The highest BCUT2D eigenvalue weighted by atomic mass is 127. The van der Waals surface area contributed by atoms with E-state index >= 15 is 0 Å². The van der Waals surface area contributed by atoms with Gasteiger partial charge in [-0.15, -0.1) is 0 Å². The van der Waals surface area contributed by atoms with Crippen molar-refractivity contribution in [3.8, 4) is 0 Å². The molecule has 1 aliphatic carbocycles. The highest BCUT2D eigenvalue weighted by Gasteiger charge is 2.31. The maximum Gasteiger partial charge on any atom is 0.0498 e. The number of nitrogens with one attached hydrogen (secondary N) is 1. The summed E-state index contributed by atoms with van der Waals surface area (Å²) in [7, 11) is 0. The van der Waals surface area contributed by atoms with Gasteiger partial charge in [0.25, 0.3) is 0 Å². The zero-order chi connectivity index (χ0) is 14.0. The fourth-order valence-corrected chi connectivity index (χ4v) is 3.98. The molecule has 1 saturated carbocycles. The predicted octanol–water partition coefficient (Wildman–Crippen LogP) is 4.18. The molecule has 4 unspecified atom stereocenters. The van der Waals surface area contributed by atoms with Gasteiger partial charge in [-0.2, -0.15) is 0 Å². The van der Waals surface area contributed by atoms with Crippen LogP contribution < -0.4 is 11.3 Å². The van der Waals surface area contributed by atoms with Crippen LogP contribution in [0.1, 0.15) is 50.3 Å². The number of aryl methyl sites for hydroxylation is 1. The second-order valence-electron chi connectivity index (χ2n) is 6.15. The summed E-state index contributed by atoms with van der Waals surface area (Å²) in [5.41, 5.74) is 5.80. The SMILES string of the molecule is Cc1cccc(C(NN)C2CCC(C)C(C)C2)c1I. The molecule has 0 amide bonds. The Bertz CT molecular complexity index is 433. The summed E-state index contributed by atoms with van der Waals surface area (Å²) >= 11 is 2.45. The number of hydrogen-bond donors (Lipinski definition) is 2. The van der Waals surface area contributed by atoms with Crippen LogP contribution in [0, 0.1) is 28.2 Å². The zero-order valence-corrected chi connectivity index (χ0v) is 14.3. The zero-order valence-electron chi connectivity index (χ0n) is 12.1. The first-order valence-electron chi connectivity index (χ1n) is 7.25. The number of hydrogen-bond acceptors (Lipinski definition) is 2. The van der Waals surface area contributed by atoms with Crippen molar-refractivity contribution in [2.45, 2.75) is 46.1 Å². The third kappa shape index (κ3) is 3.31. The Hall–Kier alpha value is -0.130. The van der Waals surface area contributed by atoms with E-state index in [1.165, 1.54) is 34.0 Å². The molecular weight excluding hydrogens is 347 g/mol. The molecule has 2 rings (SSSR count). The van der Waals surface area contributed by atoms with E-state index in [0.717, 1.165) is 11.8 Å². The number of nitrogens with two attached hydrogens (primary N) is 1. The maximum atomic E-state index is 5.88. The van der Waals surface area contributed by atoms with E-state index in [1.807, 2.05) is 0 Å². The van der Waals surface area contributed by atoms with Crippen molar-refractivity contribution in [2.24, 2.45) is 23.6 Å². The summed E-state index contributed by atoms with van der Waals surface area (Å²) in [6.45, 7) is 6.93. The molecule has 0 bridgehead atoms. The number of benzene rings is 1. The van der Waals surface area contributed by atoms with Gasteiger partial charge in [-0.25, -0.2) is 0 Å². The summed E-state index contributed by atoms with van der Waals surface area (Å²) in [6, 6.07) is 6.83. The van der Waals surface area contributed by atoms with Crippen LogP contribution in [-0.4, -0.2) is 0 Å². The van der Waals surface area contributed by atoms with E-state index in [9.17, 15) is 0 Å². The number of hydrazine groups is 1. The minimum Gasteiger partial charge on any atom is -0.271 e. The molecule has 0 heterocycles. The molecule has 4 atom stereocenters. The largest absolute Gasteiger partial charge is 0.271 e. The quantitative estimate of drug-likeness (QED) is 0.475. The van der Waals surface area contributed by atoms with Crippen LogP contribution in [0.25, 0.3) is 0 Å². The third-order valence-corrected chi connectivity index (χ3v) is 6.32. The summed E-state index contributed by atoms with van der Waals surface area (Å²) in [5, 5.41) is 0. The van der Waals surface area contributed by atoms with E-state index in [2.05, 4.69) is 67.0 Å². The molecule has 0 radical (unpaired) electrons. The molecule has 19 heavy (non-hydrogen) atoms. The van der Waals surface area contributed by atoms with E-state index in [1.54, 1.807) is 0 Å². The fourth-order valence-electron chi connectivity index (χ4n) is 3.28. The number of halogens is 1. The van der Waals surface area contributed by atoms with Crippen LogP contribution >= 0.6 is 22.6 Å². The van der Waals surface area contributed by atoms with Crippen molar-refractivity contribution in [3.63, 3.8) is 0 Å². The van der Waals surface area contributed by atoms with Crippen LogP contribution in [0.3, 0.4) is 0 Å². The minimum absolute atomic E-state index is 0.293. The van der Waals surface area contributed by atoms with E-state index in [0.29, 0.717) is 12.0 Å². The summed E-state index contributed by atoms with van der Waals surface area (Å²) in [4.78, 5) is 0. The molecule has 2 nitrogen and oxygen atoms in total. The summed E-state index contributed by atoms with van der Waals surface area (Å²) in [6.07, 6.45) is 3.89. The van der Waals surface area contributed by atoms with Gasteiger partial charge >= 0.3 is 0 Å². The highest BCUT2D eigenvalue weighted by molar-refractivity contribution is 14.1. The molecule has 1 aliphatic rings. The maximum absolute atomic E-state index is 5.88. The van der Waals surface area contributed by atoms with Gasteiger partial charge in [0.2, 0.25) is 0 Å². The second kappa shape index (κ2) is 6.55. The Morgan fingerprint density at radius 2 is 2.00 bits per heavy atom. The minimum atomic E-state index is 0.293. The van der Waals surface area contributed by atoms with Crippen LogP contribution in [0.15, 0.2) is 18.2 Å². The van der Waals surface area contributed by atoms with Gasteiger partial charge in [0, 0.05) is 9.61 Å². The molecular formula is C16H25IN2. The molecule has 1 aromatic rings. The highest BCUT2D eigenvalue weighted by Crippen LogP contribution is 2.40. The standard InChI is InChI=1S/C16H25IN2/c1-10-7-8-13(9-12(10)3)16(19-18)14-6-4-5-11(2)15(14)17/h4-6,10,12-13,16,19H,7-9,18H2,1-3H3. The molecule has 0 aliphatic heterocycles. The lowest BCUT2D eigenvalue weighted by Gasteiger charge is -2.37. The van der Waals surface area contributed by atoms with Gasteiger partial charge < -0.3 is 0 Å². The topological polar surface area (TPSA) is 38.0 Å². The van der Waals surface area contributed by atoms with Gasteiger partial charge in [0.15, 0.2) is 0 Å². The van der Waals surface area contributed by atoms with E-state index in [4.69, 9.17) is 5.84 Å². The number of rotatable bonds is 3. The molecule has 3 heteroatoms. The first-order chi connectivity index (χ1) is 9.04. The third-order valence-electron chi connectivity index (χ3n) is 4.85. The smallest absolute Gasteiger partial charge is 0.0498 e. The van der Waals surface area contributed by atoms with Gasteiger partial charge in [-0.05, 0) is 71.2 Å². The van der Waals surface area contributed by atoms with Gasteiger partial charge in [0.05, 0.1) is 0 Å². The average molecular weight is 372 g/mol. The fraction of sp³-hybridized carbons (Fsp3) is 0.625.